The van der Waals surface area contributed by atoms with E-state index in [4.69, 9.17) is 5.73 Å². The van der Waals surface area contributed by atoms with Crippen LogP contribution in [0.5, 0.6) is 0 Å². The van der Waals surface area contributed by atoms with Crippen LogP contribution in [0.15, 0.2) is 0 Å². The molecule has 0 atom stereocenters. The summed E-state index contributed by atoms with van der Waals surface area (Å²) >= 11 is 0. The minimum Gasteiger partial charge on any atom is -0.351 e. The van der Waals surface area contributed by atoms with E-state index < -0.39 is 6.03 Å². The first-order valence-electron chi connectivity index (χ1n) is 5.58. The first-order chi connectivity index (χ1) is 7.61. The molecule has 0 unspecified atom stereocenters. The molecule has 1 fully saturated rings. The highest BCUT2D eigenvalue weighted by atomic mass is 16.2. The summed E-state index contributed by atoms with van der Waals surface area (Å²) in [6.07, 6.45) is 2.18. The first-order valence-corrected chi connectivity index (χ1v) is 5.58. The molecule has 1 aliphatic heterocycles. The summed E-state index contributed by atoms with van der Waals surface area (Å²) in [7, 11) is 1.95. The average molecular weight is 228 g/mol. The van der Waals surface area contributed by atoms with E-state index >= 15 is 0 Å². The van der Waals surface area contributed by atoms with Gasteiger partial charge in [0.15, 0.2) is 0 Å². The molecule has 3 amide bonds. The SMILES string of the molecule is CNCC1CCN(CC(=O)NC(N)=O)CC1. The van der Waals surface area contributed by atoms with Crippen molar-refractivity contribution in [2.75, 3.05) is 33.2 Å². The van der Waals surface area contributed by atoms with E-state index in [1.165, 1.54) is 0 Å². The quantitative estimate of drug-likeness (QED) is 0.582. The second kappa shape index (κ2) is 6.44. The molecular weight excluding hydrogens is 208 g/mol. The summed E-state index contributed by atoms with van der Waals surface area (Å²) < 4.78 is 0. The number of nitrogens with two attached hydrogens (primary N) is 1. The highest BCUT2D eigenvalue weighted by molar-refractivity contribution is 5.94. The van der Waals surface area contributed by atoms with Gasteiger partial charge in [-0.05, 0) is 45.4 Å². The summed E-state index contributed by atoms with van der Waals surface area (Å²) in [4.78, 5) is 23.8. The zero-order valence-electron chi connectivity index (χ0n) is 9.66. The second-order valence-corrected chi connectivity index (χ2v) is 4.19. The van der Waals surface area contributed by atoms with Gasteiger partial charge in [-0.15, -0.1) is 0 Å². The Morgan fingerprint density at radius 3 is 2.50 bits per heavy atom. The van der Waals surface area contributed by atoms with Gasteiger partial charge < -0.3 is 11.1 Å². The van der Waals surface area contributed by atoms with Gasteiger partial charge in [0.2, 0.25) is 5.91 Å². The minimum atomic E-state index is -0.782. The first kappa shape index (κ1) is 12.9. The maximum absolute atomic E-state index is 11.3. The number of hydrogen-bond acceptors (Lipinski definition) is 4. The lowest BCUT2D eigenvalue weighted by Gasteiger charge is -2.31. The molecule has 0 aliphatic carbocycles. The Kier molecular flexibility index (Phi) is 5.21. The number of carbonyl (C=O) groups excluding carboxylic acids is 2. The van der Waals surface area contributed by atoms with Gasteiger partial charge in [-0.2, -0.15) is 0 Å². The number of nitrogens with zero attached hydrogens (tertiary/aromatic N) is 1. The van der Waals surface area contributed by atoms with Crippen molar-refractivity contribution in [2.24, 2.45) is 11.7 Å². The molecule has 1 saturated heterocycles. The smallest absolute Gasteiger partial charge is 0.318 e. The van der Waals surface area contributed by atoms with Gasteiger partial charge in [0.1, 0.15) is 0 Å². The van der Waals surface area contributed by atoms with Gasteiger partial charge in [-0.1, -0.05) is 0 Å². The van der Waals surface area contributed by atoms with Crippen LogP contribution in [0, 0.1) is 5.92 Å². The molecule has 0 aromatic carbocycles. The Morgan fingerprint density at radius 2 is 2.00 bits per heavy atom. The molecule has 6 heteroatoms. The zero-order chi connectivity index (χ0) is 12.0. The summed E-state index contributed by atoms with van der Waals surface area (Å²) in [6, 6.07) is -0.782. The molecule has 16 heavy (non-hydrogen) atoms. The van der Waals surface area contributed by atoms with Crippen LogP contribution in [-0.4, -0.2) is 50.1 Å². The molecule has 0 radical (unpaired) electrons. The van der Waals surface area contributed by atoms with Crippen molar-refractivity contribution in [3.63, 3.8) is 0 Å². The van der Waals surface area contributed by atoms with Crippen LogP contribution in [0.3, 0.4) is 0 Å². The Bertz CT molecular complexity index is 249. The zero-order valence-corrected chi connectivity index (χ0v) is 9.66. The van der Waals surface area contributed by atoms with E-state index in [1.54, 1.807) is 0 Å². The number of nitrogens with one attached hydrogen (secondary N) is 2. The van der Waals surface area contributed by atoms with Crippen molar-refractivity contribution in [3.05, 3.63) is 0 Å². The molecular formula is C10H20N4O2. The number of urea groups is 1. The molecule has 6 nitrogen and oxygen atoms in total. The predicted octanol–water partition coefficient (Wildman–Crippen LogP) is -0.887. The van der Waals surface area contributed by atoms with Gasteiger partial charge in [0.25, 0.3) is 0 Å². The third kappa shape index (κ3) is 4.59. The Morgan fingerprint density at radius 1 is 1.38 bits per heavy atom. The molecule has 0 bridgehead atoms. The summed E-state index contributed by atoms with van der Waals surface area (Å²) in [6.45, 7) is 3.09. The van der Waals surface area contributed by atoms with E-state index in [-0.39, 0.29) is 12.5 Å². The van der Waals surface area contributed by atoms with Gasteiger partial charge in [-0.3, -0.25) is 15.0 Å². The van der Waals surface area contributed by atoms with Crippen molar-refractivity contribution < 1.29 is 9.59 Å². The number of carbonyl (C=O) groups is 2. The third-order valence-electron chi connectivity index (χ3n) is 2.83. The van der Waals surface area contributed by atoms with Crippen molar-refractivity contribution >= 4 is 11.9 Å². The lowest BCUT2D eigenvalue weighted by molar-refractivity contribution is -0.121. The molecule has 1 aliphatic rings. The van der Waals surface area contributed by atoms with E-state index in [0.29, 0.717) is 5.92 Å². The Hall–Kier alpha value is -1.14. The summed E-state index contributed by atoms with van der Waals surface area (Å²) in [5, 5.41) is 5.23. The maximum Gasteiger partial charge on any atom is 0.318 e. The predicted molar refractivity (Wildman–Crippen MR) is 60.8 cm³/mol. The van der Waals surface area contributed by atoms with E-state index in [9.17, 15) is 9.59 Å². The standard InChI is InChI=1S/C10H20N4O2/c1-12-6-8-2-4-14(5-3-8)7-9(15)13-10(11)16/h8,12H,2-7H2,1H3,(H3,11,13,15,16). The van der Waals surface area contributed by atoms with Crippen molar-refractivity contribution in [2.45, 2.75) is 12.8 Å². The third-order valence-corrected chi connectivity index (χ3v) is 2.83. The number of rotatable bonds is 4. The van der Waals surface area contributed by atoms with E-state index in [1.807, 2.05) is 11.9 Å². The Labute approximate surface area is 95.5 Å². The number of piperidine rings is 1. The van der Waals surface area contributed by atoms with Gasteiger partial charge in [0, 0.05) is 0 Å². The summed E-state index contributed by atoms with van der Waals surface area (Å²) in [5.74, 6) is 0.375. The van der Waals surface area contributed by atoms with Crippen LogP contribution in [0.25, 0.3) is 0 Å². The van der Waals surface area contributed by atoms with Gasteiger partial charge in [0.05, 0.1) is 6.54 Å². The van der Waals surface area contributed by atoms with Crippen molar-refractivity contribution in [3.8, 4) is 0 Å². The van der Waals surface area contributed by atoms with Gasteiger partial charge >= 0.3 is 6.03 Å². The lowest BCUT2D eigenvalue weighted by Crippen LogP contribution is -2.45. The van der Waals surface area contributed by atoms with E-state index in [2.05, 4.69) is 10.6 Å². The number of imide groups is 1. The average Bonchev–Trinajstić information content (AvgIpc) is 2.20. The highest BCUT2D eigenvalue weighted by Crippen LogP contribution is 2.15. The molecule has 0 spiro atoms. The fourth-order valence-electron chi connectivity index (χ4n) is 2.02. The lowest BCUT2D eigenvalue weighted by atomic mass is 9.97. The van der Waals surface area contributed by atoms with Crippen LogP contribution in [0.2, 0.25) is 0 Å². The maximum atomic E-state index is 11.3. The van der Waals surface area contributed by atoms with E-state index in [0.717, 1.165) is 32.5 Å². The molecule has 92 valence electrons. The van der Waals surface area contributed by atoms with Crippen LogP contribution in [0.4, 0.5) is 4.79 Å². The molecule has 0 aromatic rings. The topological polar surface area (TPSA) is 87.5 Å². The monoisotopic (exact) mass is 228 g/mol. The Balaban J connectivity index is 2.21. The number of primary amides is 1. The highest BCUT2D eigenvalue weighted by Gasteiger charge is 2.20. The number of likely N-dealkylation sites (tertiary alicyclic amines) is 1. The molecule has 0 aromatic heterocycles. The van der Waals surface area contributed by atoms with Crippen LogP contribution in [-0.2, 0) is 4.79 Å². The fourth-order valence-corrected chi connectivity index (χ4v) is 2.02. The largest absolute Gasteiger partial charge is 0.351 e. The number of amides is 3. The molecule has 0 saturated carbocycles. The molecule has 1 heterocycles. The fraction of sp³-hybridized carbons (Fsp3) is 0.800. The second-order valence-electron chi connectivity index (χ2n) is 4.19. The number of hydrogen-bond donors (Lipinski definition) is 3. The molecule has 1 rings (SSSR count). The van der Waals surface area contributed by atoms with Crippen LogP contribution in [0.1, 0.15) is 12.8 Å². The normalized spacial score (nSPS) is 18.3. The summed E-state index contributed by atoms with van der Waals surface area (Å²) in [5.41, 5.74) is 4.86. The van der Waals surface area contributed by atoms with Crippen LogP contribution >= 0.6 is 0 Å². The van der Waals surface area contributed by atoms with Crippen molar-refractivity contribution in [1.29, 1.82) is 0 Å². The van der Waals surface area contributed by atoms with Gasteiger partial charge in [-0.25, -0.2) is 4.79 Å². The molecule has 4 N–H and O–H groups in total. The van der Waals surface area contributed by atoms with Crippen molar-refractivity contribution in [1.82, 2.24) is 15.5 Å². The van der Waals surface area contributed by atoms with Crippen LogP contribution < -0.4 is 16.4 Å². The minimum absolute atomic E-state index is 0.259.